The van der Waals surface area contributed by atoms with Crippen LogP contribution < -0.4 is 4.90 Å². The topological polar surface area (TPSA) is 3.24 Å². The summed E-state index contributed by atoms with van der Waals surface area (Å²) in [6.07, 6.45) is 0. The van der Waals surface area contributed by atoms with Crippen molar-refractivity contribution in [2.24, 2.45) is 0 Å². The molecule has 0 aliphatic carbocycles. The third-order valence-corrected chi connectivity index (χ3v) is 11.2. The van der Waals surface area contributed by atoms with Crippen LogP contribution in [0.1, 0.15) is 101 Å². The van der Waals surface area contributed by atoms with Crippen molar-refractivity contribution in [3.8, 4) is 22.3 Å². The summed E-state index contributed by atoms with van der Waals surface area (Å²) in [6, 6.07) is 37.2. The van der Waals surface area contributed by atoms with Crippen LogP contribution in [0.25, 0.3) is 22.3 Å². The normalized spacial score (nSPS) is 17.7. The van der Waals surface area contributed by atoms with E-state index in [0.29, 0.717) is 0 Å². The maximum absolute atomic E-state index is 2.67. The van der Waals surface area contributed by atoms with E-state index in [4.69, 9.17) is 0 Å². The number of hydrogen-bond donors (Lipinski definition) is 0. The van der Waals surface area contributed by atoms with Crippen LogP contribution >= 0.6 is 0 Å². The molecule has 0 N–H and O–H groups in total. The minimum atomic E-state index is -0.188. The van der Waals surface area contributed by atoms with Crippen LogP contribution in [0, 0.1) is 0 Å². The lowest BCUT2D eigenvalue weighted by Gasteiger charge is -2.55. The Balaban J connectivity index is 1.47. The maximum Gasteiger partial charge on any atom is 0.0544 e. The molecule has 5 aromatic rings. The van der Waals surface area contributed by atoms with Crippen molar-refractivity contribution in [1.82, 2.24) is 0 Å². The summed E-state index contributed by atoms with van der Waals surface area (Å²) >= 11 is 0. The minimum Gasteiger partial charge on any atom is -0.309 e. The van der Waals surface area contributed by atoms with E-state index >= 15 is 0 Å². The Hall–Kier alpha value is -4.10. The Kier molecular flexibility index (Phi) is 5.33. The number of anilines is 3. The van der Waals surface area contributed by atoms with Crippen LogP contribution in [-0.2, 0) is 21.7 Å². The highest BCUT2D eigenvalue weighted by molar-refractivity contribution is 6.00. The molecule has 0 radical (unpaired) electrons. The van der Waals surface area contributed by atoms with Gasteiger partial charge in [-0.15, -0.1) is 0 Å². The highest BCUT2D eigenvalue weighted by Crippen LogP contribution is 2.66. The first-order chi connectivity index (χ1) is 20.7. The van der Waals surface area contributed by atoms with Crippen molar-refractivity contribution in [2.75, 3.05) is 4.90 Å². The van der Waals surface area contributed by atoms with Crippen molar-refractivity contribution in [3.63, 3.8) is 0 Å². The van der Waals surface area contributed by atoms with Gasteiger partial charge in [-0.05, 0) is 90.9 Å². The molecule has 1 heteroatoms. The van der Waals surface area contributed by atoms with Gasteiger partial charge in [0.25, 0.3) is 0 Å². The average Bonchev–Trinajstić information content (AvgIpc) is 2.99. The highest BCUT2D eigenvalue weighted by atomic mass is 15.2. The van der Waals surface area contributed by atoms with Crippen molar-refractivity contribution in [2.45, 2.75) is 84.0 Å². The summed E-state index contributed by atoms with van der Waals surface area (Å²) in [4.78, 5) is 2.67. The Bertz CT molecular complexity index is 2000. The van der Waals surface area contributed by atoms with E-state index in [2.05, 4.69) is 164 Å². The number of hydrogen-bond acceptors (Lipinski definition) is 1. The molecule has 0 unspecified atom stereocenters. The molecule has 0 atom stereocenters. The van der Waals surface area contributed by atoms with Crippen LogP contribution in [0.4, 0.5) is 17.1 Å². The SMILES string of the molecule is CC(C)(C)c1ccc(-c2cc3c4c(c2)C(C)(C)c2cc(-c5ccccc5)cc5c2N4c2c(cccc2C3(C)C)C5(C)C)cc1. The standard InChI is InChI=1S/C43H43N/c1-40(2,3)30-20-18-27(19-21-30)29-24-34-39-36(25-29)43(8,9)35-23-28(26-14-11-10-12-15-26)22-33-38(35)44(39)37-31(41(33,4)5)16-13-17-32(37)42(34,6)7/h10-25H,1-9H3. The number of nitrogens with zero attached hydrogens (tertiary/aromatic N) is 1. The summed E-state index contributed by atoms with van der Waals surface area (Å²) < 4.78 is 0. The Morgan fingerprint density at radius 2 is 0.795 bits per heavy atom. The Morgan fingerprint density at radius 3 is 1.23 bits per heavy atom. The Morgan fingerprint density at radius 1 is 0.409 bits per heavy atom. The average molecular weight is 574 g/mol. The first-order valence-electron chi connectivity index (χ1n) is 16.2. The molecule has 0 bridgehead atoms. The minimum absolute atomic E-state index is 0.131. The van der Waals surface area contributed by atoms with E-state index in [0.717, 1.165) is 0 Å². The van der Waals surface area contributed by atoms with Crippen molar-refractivity contribution >= 4 is 17.1 Å². The summed E-state index contributed by atoms with van der Waals surface area (Å²) in [5.41, 5.74) is 18.9. The largest absolute Gasteiger partial charge is 0.309 e. The maximum atomic E-state index is 2.67. The molecular formula is C43H43N. The summed E-state index contributed by atoms with van der Waals surface area (Å²) in [5, 5.41) is 0. The number of rotatable bonds is 2. The highest BCUT2D eigenvalue weighted by Gasteiger charge is 2.52. The molecule has 0 saturated heterocycles. The van der Waals surface area contributed by atoms with Crippen molar-refractivity contribution in [1.29, 1.82) is 0 Å². The summed E-state index contributed by atoms with van der Waals surface area (Å²) in [7, 11) is 0. The first kappa shape index (κ1) is 27.4. The van der Waals surface area contributed by atoms with Gasteiger partial charge in [0.05, 0.1) is 17.1 Å². The van der Waals surface area contributed by atoms with Gasteiger partial charge < -0.3 is 4.90 Å². The van der Waals surface area contributed by atoms with Gasteiger partial charge in [0, 0.05) is 16.2 Å². The third kappa shape index (κ3) is 3.47. The van der Waals surface area contributed by atoms with E-state index in [1.807, 2.05) is 0 Å². The molecular weight excluding hydrogens is 530 g/mol. The van der Waals surface area contributed by atoms with Gasteiger partial charge in [-0.2, -0.15) is 0 Å². The van der Waals surface area contributed by atoms with E-state index in [9.17, 15) is 0 Å². The van der Waals surface area contributed by atoms with E-state index in [1.54, 1.807) is 0 Å². The van der Waals surface area contributed by atoms with Gasteiger partial charge >= 0.3 is 0 Å². The fraction of sp³-hybridized carbons (Fsp3) is 0.302. The molecule has 44 heavy (non-hydrogen) atoms. The monoisotopic (exact) mass is 573 g/mol. The zero-order valence-electron chi connectivity index (χ0n) is 27.7. The van der Waals surface area contributed by atoms with Crippen molar-refractivity contribution in [3.05, 3.63) is 136 Å². The lowest BCUT2D eigenvalue weighted by molar-refractivity contribution is 0.567. The molecule has 220 valence electrons. The molecule has 8 rings (SSSR count). The second kappa shape index (κ2) is 8.54. The van der Waals surface area contributed by atoms with Gasteiger partial charge in [-0.25, -0.2) is 0 Å². The lowest BCUT2D eigenvalue weighted by atomic mass is 9.60. The van der Waals surface area contributed by atoms with Gasteiger partial charge in [-0.1, -0.05) is 135 Å². The lowest BCUT2D eigenvalue weighted by Crippen LogP contribution is -2.43. The summed E-state index contributed by atoms with van der Waals surface area (Å²) in [6.45, 7) is 21.5. The fourth-order valence-electron chi connectivity index (χ4n) is 8.35. The quantitative estimate of drug-likeness (QED) is 0.203. The van der Waals surface area contributed by atoms with Gasteiger partial charge in [0.15, 0.2) is 0 Å². The van der Waals surface area contributed by atoms with Crippen LogP contribution in [0.3, 0.4) is 0 Å². The Labute approximate surface area is 263 Å². The van der Waals surface area contributed by atoms with Gasteiger partial charge in [0.2, 0.25) is 0 Å². The smallest absolute Gasteiger partial charge is 0.0544 e. The second-order valence-corrected chi connectivity index (χ2v) is 15.9. The molecule has 3 heterocycles. The predicted octanol–water partition coefficient (Wildman–Crippen LogP) is 11.7. The first-order valence-corrected chi connectivity index (χ1v) is 16.2. The number of para-hydroxylation sites is 1. The van der Waals surface area contributed by atoms with Crippen LogP contribution in [0.15, 0.2) is 97.1 Å². The van der Waals surface area contributed by atoms with E-state index in [-0.39, 0.29) is 21.7 Å². The molecule has 5 aromatic carbocycles. The number of benzene rings is 5. The second-order valence-electron chi connectivity index (χ2n) is 15.9. The van der Waals surface area contributed by atoms with E-state index in [1.165, 1.54) is 78.3 Å². The van der Waals surface area contributed by atoms with Gasteiger partial charge in [0.1, 0.15) is 0 Å². The molecule has 0 saturated carbocycles. The fourth-order valence-corrected chi connectivity index (χ4v) is 8.35. The predicted molar refractivity (Wildman–Crippen MR) is 187 cm³/mol. The third-order valence-electron chi connectivity index (χ3n) is 11.2. The molecule has 0 fully saturated rings. The molecule has 3 aliphatic rings. The van der Waals surface area contributed by atoms with Crippen molar-refractivity contribution < 1.29 is 0 Å². The molecule has 0 aromatic heterocycles. The molecule has 0 amide bonds. The van der Waals surface area contributed by atoms with Crippen LogP contribution in [0.5, 0.6) is 0 Å². The molecule has 1 nitrogen and oxygen atoms in total. The zero-order chi connectivity index (χ0) is 31.0. The van der Waals surface area contributed by atoms with Crippen LogP contribution in [0.2, 0.25) is 0 Å². The molecule has 3 aliphatic heterocycles. The van der Waals surface area contributed by atoms with Crippen LogP contribution in [-0.4, -0.2) is 0 Å². The van der Waals surface area contributed by atoms with Gasteiger partial charge in [-0.3, -0.25) is 0 Å². The molecule has 0 spiro atoms. The van der Waals surface area contributed by atoms with E-state index < -0.39 is 0 Å². The summed E-state index contributed by atoms with van der Waals surface area (Å²) in [5.74, 6) is 0. The zero-order valence-corrected chi connectivity index (χ0v) is 27.7.